The van der Waals surface area contributed by atoms with Crippen LogP contribution in [0.1, 0.15) is 11.1 Å². The van der Waals surface area contributed by atoms with Gasteiger partial charge in [-0.1, -0.05) is 0 Å². The Labute approximate surface area is 97.0 Å². The topological polar surface area (TPSA) is 16.1 Å². The molecule has 0 unspecified atom stereocenters. The zero-order valence-electron chi connectivity index (χ0n) is 8.98. The molecule has 90 valence electrons. The summed E-state index contributed by atoms with van der Waals surface area (Å²) in [6.45, 7) is 0.701. The van der Waals surface area contributed by atoms with Gasteiger partial charge in [-0.3, -0.25) is 0 Å². The number of aryl methyl sites for hydroxylation is 1. The highest BCUT2D eigenvalue weighted by Gasteiger charge is 2.30. The Morgan fingerprint density at radius 1 is 1.44 bits per heavy atom. The fourth-order valence-electron chi connectivity index (χ4n) is 1.44. The zero-order valence-corrected chi connectivity index (χ0v) is 9.73. The number of hydrogen-bond acceptors (Lipinski definition) is 2. The minimum atomic E-state index is -4.23. The molecule has 1 aromatic rings. The number of halogens is 4. The van der Waals surface area contributed by atoms with Gasteiger partial charge in [0.15, 0.2) is 0 Å². The Hall–Kier alpha value is -0.970. The van der Waals surface area contributed by atoms with Gasteiger partial charge in [-0.25, -0.2) is 4.98 Å². The minimum Gasteiger partial charge on any atom is -0.350 e. The first kappa shape index (κ1) is 13.1. The van der Waals surface area contributed by atoms with Crippen LogP contribution in [-0.2, 0) is 5.88 Å². The van der Waals surface area contributed by atoms with Crippen molar-refractivity contribution in [3.8, 4) is 0 Å². The van der Waals surface area contributed by atoms with Crippen LogP contribution in [0, 0.1) is 6.92 Å². The molecule has 0 aliphatic rings. The molecule has 6 heteroatoms. The lowest BCUT2D eigenvalue weighted by Gasteiger charge is -2.21. The summed E-state index contributed by atoms with van der Waals surface area (Å²) in [5.41, 5.74) is 1.48. The summed E-state index contributed by atoms with van der Waals surface area (Å²) in [7, 11) is 1.36. The molecule has 1 aromatic heterocycles. The maximum Gasteiger partial charge on any atom is 0.405 e. The van der Waals surface area contributed by atoms with Gasteiger partial charge < -0.3 is 4.90 Å². The fraction of sp³-hybridized carbons (Fsp3) is 0.500. The normalized spacial score (nSPS) is 11.6. The molecule has 0 saturated carbocycles. The monoisotopic (exact) mass is 252 g/mol. The predicted octanol–water partition coefficient (Wildman–Crippen LogP) is 3.13. The maximum atomic E-state index is 12.2. The van der Waals surface area contributed by atoms with Crippen LogP contribution in [0.5, 0.6) is 0 Å². The minimum absolute atomic E-state index is 0.303. The van der Waals surface area contributed by atoms with Crippen molar-refractivity contribution in [2.75, 3.05) is 18.5 Å². The Morgan fingerprint density at radius 2 is 2.06 bits per heavy atom. The van der Waals surface area contributed by atoms with Crippen LogP contribution in [0.4, 0.5) is 19.0 Å². The van der Waals surface area contributed by atoms with E-state index in [4.69, 9.17) is 11.6 Å². The van der Waals surface area contributed by atoms with Gasteiger partial charge in [0, 0.05) is 19.1 Å². The number of hydrogen-bond donors (Lipinski definition) is 0. The third-order valence-electron chi connectivity index (χ3n) is 2.04. The molecule has 0 aliphatic heterocycles. The second-order valence-corrected chi connectivity index (χ2v) is 3.86. The summed E-state index contributed by atoms with van der Waals surface area (Å²) >= 11 is 5.60. The van der Waals surface area contributed by atoms with E-state index in [9.17, 15) is 13.2 Å². The van der Waals surface area contributed by atoms with Gasteiger partial charge in [0.1, 0.15) is 12.4 Å². The van der Waals surface area contributed by atoms with E-state index >= 15 is 0 Å². The molecule has 0 N–H and O–H groups in total. The zero-order chi connectivity index (χ0) is 12.3. The molecule has 0 amide bonds. The summed E-state index contributed by atoms with van der Waals surface area (Å²) in [5.74, 6) is 0.628. The lowest BCUT2D eigenvalue weighted by atomic mass is 10.2. The van der Waals surface area contributed by atoms with E-state index in [1.165, 1.54) is 13.2 Å². The van der Waals surface area contributed by atoms with Gasteiger partial charge in [0.25, 0.3) is 0 Å². The summed E-state index contributed by atoms with van der Waals surface area (Å²) in [6.07, 6.45) is -2.74. The van der Waals surface area contributed by atoms with Crippen molar-refractivity contribution in [3.63, 3.8) is 0 Å². The van der Waals surface area contributed by atoms with Crippen molar-refractivity contribution in [1.29, 1.82) is 0 Å². The Bertz CT molecular complexity index is 366. The average Bonchev–Trinajstić information content (AvgIpc) is 2.14. The lowest BCUT2D eigenvalue weighted by molar-refractivity contribution is -0.119. The molecule has 0 spiro atoms. The molecule has 1 heterocycles. The molecule has 0 atom stereocenters. The predicted molar refractivity (Wildman–Crippen MR) is 57.9 cm³/mol. The number of rotatable bonds is 3. The molecule has 0 aliphatic carbocycles. The molecule has 0 fully saturated rings. The second kappa shape index (κ2) is 4.91. The van der Waals surface area contributed by atoms with Crippen LogP contribution in [0.15, 0.2) is 12.3 Å². The smallest absolute Gasteiger partial charge is 0.350 e. The highest BCUT2D eigenvalue weighted by atomic mass is 35.5. The molecule has 0 aromatic carbocycles. The molecule has 2 nitrogen and oxygen atoms in total. The highest BCUT2D eigenvalue weighted by Crippen LogP contribution is 2.22. The van der Waals surface area contributed by atoms with Crippen LogP contribution in [0.3, 0.4) is 0 Å². The van der Waals surface area contributed by atoms with Gasteiger partial charge in [0.2, 0.25) is 0 Å². The number of pyridine rings is 1. The molecule has 0 radical (unpaired) electrons. The van der Waals surface area contributed by atoms with E-state index in [0.717, 1.165) is 10.5 Å². The first-order chi connectivity index (χ1) is 7.33. The molecule has 1 rings (SSSR count). The van der Waals surface area contributed by atoms with Crippen molar-refractivity contribution >= 4 is 17.4 Å². The standard InChI is InChI=1S/C10H12ClF3N2/c1-7-3-8(4-11)5-15-9(7)16(2)6-10(12,13)14/h3,5H,4,6H2,1-2H3. The molecule has 0 saturated heterocycles. The number of aromatic nitrogens is 1. The molecular weight excluding hydrogens is 241 g/mol. The van der Waals surface area contributed by atoms with Gasteiger partial charge in [-0.05, 0) is 24.1 Å². The Kier molecular flexibility index (Phi) is 4.02. The summed E-state index contributed by atoms with van der Waals surface area (Å²) in [4.78, 5) is 5.05. The number of nitrogens with zero attached hydrogens (tertiary/aromatic N) is 2. The van der Waals surface area contributed by atoms with Crippen LogP contribution in [-0.4, -0.2) is 24.8 Å². The van der Waals surface area contributed by atoms with Crippen LogP contribution >= 0.6 is 11.6 Å². The summed E-state index contributed by atoms with van der Waals surface area (Å²) in [6, 6.07) is 1.74. The first-order valence-electron chi connectivity index (χ1n) is 4.63. The Morgan fingerprint density at radius 3 is 2.50 bits per heavy atom. The van der Waals surface area contributed by atoms with E-state index in [1.54, 1.807) is 13.0 Å². The first-order valence-corrected chi connectivity index (χ1v) is 5.16. The van der Waals surface area contributed by atoms with Crippen LogP contribution in [0.2, 0.25) is 0 Å². The lowest BCUT2D eigenvalue weighted by Crippen LogP contribution is -2.31. The summed E-state index contributed by atoms with van der Waals surface area (Å²) < 4.78 is 36.5. The third kappa shape index (κ3) is 3.56. The van der Waals surface area contributed by atoms with Crippen LogP contribution in [0.25, 0.3) is 0 Å². The van der Waals surface area contributed by atoms with Crippen molar-refractivity contribution in [2.24, 2.45) is 0 Å². The van der Waals surface area contributed by atoms with Crippen molar-refractivity contribution in [3.05, 3.63) is 23.4 Å². The van der Waals surface area contributed by atoms with Crippen LogP contribution < -0.4 is 4.90 Å². The van der Waals surface area contributed by atoms with E-state index in [1.807, 2.05) is 0 Å². The van der Waals surface area contributed by atoms with E-state index in [2.05, 4.69) is 4.98 Å². The fourth-order valence-corrected chi connectivity index (χ4v) is 1.59. The average molecular weight is 253 g/mol. The Balaban J connectivity index is 2.88. The van der Waals surface area contributed by atoms with Gasteiger partial charge in [0.05, 0.1) is 0 Å². The quantitative estimate of drug-likeness (QED) is 0.769. The molecule has 0 bridgehead atoms. The van der Waals surface area contributed by atoms with Gasteiger partial charge in [-0.15, -0.1) is 11.6 Å². The van der Waals surface area contributed by atoms with E-state index < -0.39 is 12.7 Å². The van der Waals surface area contributed by atoms with Crippen molar-refractivity contribution in [2.45, 2.75) is 19.0 Å². The number of anilines is 1. The summed E-state index contributed by atoms with van der Waals surface area (Å²) in [5, 5.41) is 0. The second-order valence-electron chi connectivity index (χ2n) is 3.59. The maximum absolute atomic E-state index is 12.2. The van der Waals surface area contributed by atoms with Crippen molar-refractivity contribution < 1.29 is 13.2 Å². The SMILES string of the molecule is Cc1cc(CCl)cnc1N(C)CC(F)(F)F. The largest absolute Gasteiger partial charge is 0.405 e. The number of alkyl halides is 4. The van der Waals surface area contributed by atoms with Crippen molar-refractivity contribution in [1.82, 2.24) is 4.98 Å². The highest BCUT2D eigenvalue weighted by molar-refractivity contribution is 6.17. The third-order valence-corrected chi connectivity index (χ3v) is 2.35. The molecular formula is C10H12ClF3N2. The van der Waals surface area contributed by atoms with E-state index in [-0.39, 0.29) is 0 Å². The molecule has 16 heavy (non-hydrogen) atoms. The van der Waals surface area contributed by atoms with Gasteiger partial charge in [-0.2, -0.15) is 13.2 Å². The van der Waals surface area contributed by atoms with E-state index in [0.29, 0.717) is 17.3 Å². The van der Waals surface area contributed by atoms with Gasteiger partial charge >= 0.3 is 6.18 Å².